The molecule has 0 saturated carbocycles. The van der Waals surface area contributed by atoms with E-state index in [-0.39, 0.29) is 6.03 Å². The number of benzene rings is 3. The maximum atomic E-state index is 12.2. The van der Waals surface area contributed by atoms with Gasteiger partial charge in [-0.2, -0.15) is 5.10 Å². The largest absolute Gasteiger partial charge is 0.490 e. The van der Waals surface area contributed by atoms with Crippen LogP contribution in [-0.2, 0) is 0 Å². The van der Waals surface area contributed by atoms with E-state index in [9.17, 15) is 4.79 Å². The summed E-state index contributed by atoms with van der Waals surface area (Å²) in [4.78, 5) is 14.3. The topological polar surface area (TPSA) is 108 Å². The van der Waals surface area contributed by atoms with E-state index < -0.39 is 0 Å². The fourth-order valence-corrected chi connectivity index (χ4v) is 3.38. The maximum Gasteiger partial charge on any atom is 0.323 e. The second kappa shape index (κ2) is 9.40. The number of likely N-dealkylation sites (N-methyl/N-ethyl adjacent to an activating group) is 1. The van der Waals surface area contributed by atoms with Crippen LogP contribution in [0.3, 0.4) is 0 Å². The van der Waals surface area contributed by atoms with Crippen molar-refractivity contribution >= 4 is 34.1 Å². The minimum Gasteiger partial charge on any atom is -0.490 e. The Bertz CT molecular complexity index is 1200. The van der Waals surface area contributed by atoms with Crippen molar-refractivity contribution in [2.45, 2.75) is 0 Å². The number of hydrogen-bond donors (Lipinski definition) is 4. The second-order valence-corrected chi connectivity index (χ2v) is 7.64. The first-order chi connectivity index (χ1) is 15.5. The van der Waals surface area contributed by atoms with Crippen molar-refractivity contribution in [3.05, 3.63) is 66.7 Å². The molecule has 0 aliphatic heterocycles. The number of aromatic nitrogens is 2. The number of carbonyl (C=O) groups excluding carboxylic acids is 1. The number of aromatic amines is 1. The summed E-state index contributed by atoms with van der Waals surface area (Å²) in [7, 11) is 4.00. The number of amides is 2. The molecule has 0 aliphatic rings. The molecule has 0 aliphatic carbocycles. The summed E-state index contributed by atoms with van der Waals surface area (Å²) >= 11 is 0. The molecule has 8 heteroatoms. The van der Waals surface area contributed by atoms with Gasteiger partial charge in [0.25, 0.3) is 0 Å². The highest BCUT2D eigenvalue weighted by Crippen LogP contribution is 2.36. The first-order valence-electron chi connectivity index (χ1n) is 10.3. The van der Waals surface area contributed by atoms with Gasteiger partial charge in [0.15, 0.2) is 5.82 Å². The van der Waals surface area contributed by atoms with Crippen molar-refractivity contribution in [2.24, 2.45) is 0 Å². The van der Waals surface area contributed by atoms with E-state index in [0.29, 0.717) is 23.9 Å². The molecule has 0 saturated heterocycles. The first kappa shape index (κ1) is 21.2. The molecule has 0 spiro atoms. The average Bonchev–Trinajstić information content (AvgIpc) is 3.17. The number of nitrogens with one attached hydrogen (secondary N) is 3. The van der Waals surface area contributed by atoms with Gasteiger partial charge in [0.2, 0.25) is 0 Å². The quantitative estimate of drug-likeness (QED) is 0.348. The molecule has 0 fully saturated rings. The summed E-state index contributed by atoms with van der Waals surface area (Å²) < 4.78 is 5.92. The molecular formula is C24H26N6O2. The average molecular weight is 431 g/mol. The number of para-hydroxylation sites is 1. The van der Waals surface area contributed by atoms with Crippen molar-refractivity contribution in [1.29, 1.82) is 0 Å². The molecule has 4 rings (SSSR count). The van der Waals surface area contributed by atoms with Crippen molar-refractivity contribution in [3.63, 3.8) is 0 Å². The molecule has 32 heavy (non-hydrogen) atoms. The van der Waals surface area contributed by atoms with Crippen LogP contribution >= 0.6 is 0 Å². The van der Waals surface area contributed by atoms with Crippen LogP contribution in [0.5, 0.6) is 5.75 Å². The molecule has 0 unspecified atom stereocenters. The van der Waals surface area contributed by atoms with E-state index in [4.69, 9.17) is 10.5 Å². The zero-order valence-corrected chi connectivity index (χ0v) is 18.1. The number of anilines is 3. The SMILES string of the molecule is CN(C)CCOc1ccc(-c2ccc(NC(=O)Nc3ccccc3)cc2)c2c(N)n[nH]c12. The molecule has 5 N–H and O–H groups in total. The summed E-state index contributed by atoms with van der Waals surface area (Å²) in [5.41, 5.74) is 10.2. The molecule has 164 valence electrons. The van der Waals surface area contributed by atoms with Crippen molar-refractivity contribution < 1.29 is 9.53 Å². The minimum atomic E-state index is -0.301. The number of rotatable bonds is 7. The lowest BCUT2D eigenvalue weighted by Gasteiger charge is -2.13. The Morgan fingerprint density at radius 2 is 1.69 bits per heavy atom. The third-order valence-electron chi connectivity index (χ3n) is 4.99. The van der Waals surface area contributed by atoms with E-state index in [1.165, 1.54) is 0 Å². The predicted molar refractivity (Wildman–Crippen MR) is 129 cm³/mol. The number of hydrogen-bond acceptors (Lipinski definition) is 5. The molecule has 4 aromatic rings. The van der Waals surface area contributed by atoms with Gasteiger partial charge >= 0.3 is 6.03 Å². The van der Waals surface area contributed by atoms with Crippen LogP contribution in [0.4, 0.5) is 22.0 Å². The summed E-state index contributed by atoms with van der Waals surface area (Å²) in [6.45, 7) is 1.37. The number of fused-ring (bicyclic) bond motifs is 1. The third-order valence-corrected chi connectivity index (χ3v) is 4.99. The lowest BCUT2D eigenvalue weighted by atomic mass is 10.0. The number of nitrogens with zero attached hydrogens (tertiary/aromatic N) is 2. The molecule has 3 aromatic carbocycles. The smallest absolute Gasteiger partial charge is 0.323 e. The van der Waals surface area contributed by atoms with Gasteiger partial charge in [-0.1, -0.05) is 30.3 Å². The number of H-pyrrole nitrogens is 1. The van der Waals surface area contributed by atoms with Crippen LogP contribution in [0, 0.1) is 0 Å². The van der Waals surface area contributed by atoms with Crippen LogP contribution in [0.25, 0.3) is 22.0 Å². The normalized spacial score (nSPS) is 11.0. The molecule has 0 bridgehead atoms. The molecule has 8 nitrogen and oxygen atoms in total. The van der Waals surface area contributed by atoms with Crippen molar-refractivity contribution in [1.82, 2.24) is 15.1 Å². The van der Waals surface area contributed by atoms with E-state index in [0.717, 1.165) is 34.3 Å². The number of ether oxygens (including phenoxy) is 1. The summed E-state index contributed by atoms with van der Waals surface area (Å²) in [5, 5.41) is 13.6. The molecule has 0 atom stereocenters. The molecular weight excluding hydrogens is 404 g/mol. The van der Waals surface area contributed by atoms with Gasteiger partial charge in [0.1, 0.15) is 17.9 Å². The lowest BCUT2D eigenvalue weighted by Crippen LogP contribution is -2.19. The Morgan fingerprint density at radius 3 is 2.38 bits per heavy atom. The molecule has 2 amide bonds. The van der Waals surface area contributed by atoms with Crippen LogP contribution in [0.15, 0.2) is 66.7 Å². The Kier molecular flexibility index (Phi) is 6.23. The highest BCUT2D eigenvalue weighted by molar-refractivity contribution is 6.04. The van der Waals surface area contributed by atoms with Gasteiger partial charge < -0.3 is 26.0 Å². The second-order valence-electron chi connectivity index (χ2n) is 7.64. The maximum absolute atomic E-state index is 12.2. The van der Waals surface area contributed by atoms with Crippen molar-refractivity contribution in [2.75, 3.05) is 43.6 Å². The first-order valence-corrected chi connectivity index (χ1v) is 10.3. The Hall–Kier alpha value is -4.04. The van der Waals surface area contributed by atoms with Gasteiger partial charge in [-0.15, -0.1) is 0 Å². The fraction of sp³-hybridized carbons (Fsp3) is 0.167. The van der Waals surface area contributed by atoms with Crippen LogP contribution in [0.1, 0.15) is 0 Å². The van der Waals surface area contributed by atoms with E-state index >= 15 is 0 Å². The zero-order chi connectivity index (χ0) is 22.5. The third kappa shape index (κ3) is 4.81. The lowest BCUT2D eigenvalue weighted by molar-refractivity contribution is 0.262. The molecule has 0 radical (unpaired) electrons. The molecule has 1 heterocycles. The minimum absolute atomic E-state index is 0.301. The Labute approximate surface area is 186 Å². The van der Waals surface area contributed by atoms with Gasteiger partial charge in [0, 0.05) is 17.9 Å². The monoisotopic (exact) mass is 430 g/mol. The van der Waals surface area contributed by atoms with E-state index in [1.54, 1.807) is 0 Å². The van der Waals surface area contributed by atoms with Crippen LogP contribution < -0.4 is 21.1 Å². The van der Waals surface area contributed by atoms with Gasteiger partial charge in [-0.05, 0) is 61.6 Å². The predicted octanol–water partition coefficient (Wildman–Crippen LogP) is 4.40. The summed E-state index contributed by atoms with van der Waals surface area (Å²) in [6, 6.07) is 20.5. The van der Waals surface area contributed by atoms with Crippen LogP contribution in [-0.4, -0.2) is 48.4 Å². The number of nitrogens with two attached hydrogens (primary N) is 1. The van der Waals surface area contributed by atoms with Crippen LogP contribution in [0.2, 0.25) is 0 Å². The van der Waals surface area contributed by atoms with E-state index in [2.05, 4.69) is 25.7 Å². The highest BCUT2D eigenvalue weighted by Gasteiger charge is 2.15. The number of carbonyl (C=O) groups is 1. The zero-order valence-electron chi connectivity index (χ0n) is 18.1. The standard InChI is InChI=1S/C24H26N6O2/c1-30(2)14-15-32-20-13-12-19(21-22(20)28-29-23(21)25)16-8-10-18(11-9-16)27-24(31)26-17-6-4-3-5-7-17/h3-13H,14-15H2,1-2H3,(H3,25,28,29)(H2,26,27,31). The Morgan fingerprint density at radius 1 is 1.00 bits per heavy atom. The number of urea groups is 1. The van der Waals surface area contributed by atoms with Gasteiger partial charge in [-0.3, -0.25) is 5.10 Å². The molecule has 1 aromatic heterocycles. The van der Waals surface area contributed by atoms with Gasteiger partial charge in [-0.25, -0.2) is 4.79 Å². The fourth-order valence-electron chi connectivity index (χ4n) is 3.38. The number of nitrogen functional groups attached to an aromatic ring is 1. The Balaban J connectivity index is 1.52. The van der Waals surface area contributed by atoms with Gasteiger partial charge in [0.05, 0.1) is 5.39 Å². The summed E-state index contributed by atoms with van der Waals surface area (Å²) in [5.74, 6) is 1.13. The van der Waals surface area contributed by atoms with Crippen molar-refractivity contribution in [3.8, 4) is 16.9 Å². The summed E-state index contributed by atoms with van der Waals surface area (Å²) in [6.07, 6.45) is 0. The van der Waals surface area contributed by atoms with E-state index in [1.807, 2.05) is 80.8 Å². The highest BCUT2D eigenvalue weighted by atomic mass is 16.5.